The summed E-state index contributed by atoms with van der Waals surface area (Å²) in [5.74, 6) is 1.06. The van der Waals surface area contributed by atoms with E-state index in [2.05, 4.69) is 10.5 Å². The number of amidine groups is 1. The van der Waals surface area contributed by atoms with Gasteiger partial charge in [0.15, 0.2) is 18.0 Å². The van der Waals surface area contributed by atoms with E-state index in [1.807, 2.05) is 7.05 Å². The van der Waals surface area contributed by atoms with Crippen LogP contribution in [0.2, 0.25) is 0 Å². The normalized spacial score (nSPS) is 18.4. The third kappa shape index (κ3) is 2.72. The van der Waals surface area contributed by atoms with Crippen LogP contribution in [-0.4, -0.2) is 37.6 Å². The van der Waals surface area contributed by atoms with Gasteiger partial charge in [0.25, 0.3) is 11.7 Å². The second-order valence-electron chi connectivity index (χ2n) is 3.84. The van der Waals surface area contributed by atoms with Crippen molar-refractivity contribution in [3.05, 3.63) is 23.8 Å². The molecule has 0 fully saturated rings. The van der Waals surface area contributed by atoms with Crippen LogP contribution in [0.5, 0.6) is 11.5 Å². The molecule has 3 N–H and O–H groups in total. The van der Waals surface area contributed by atoms with Gasteiger partial charge >= 0.3 is 0 Å². The molecule has 0 aliphatic carbocycles. The Kier molecular flexibility index (Phi) is 4.52. The van der Waals surface area contributed by atoms with Crippen molar-refractivity contribution in [3.63, 3.8) is 0 Å². The molecule has 0 aromatic heterocycles. The minimum atomic E-state index is -0.114. The first-order valence-electron chi connectivity index (χ1n) is 5.18. The number of carbonyl (C=O) groups excluding carboxylic acids is 1. The zero-order valence-electron chi connectivity index (χ0n) is 10.0. The van der Waals surface area contributed by atoms with Gasteiger partial charge in [-0.2, -0.15) is 0 Å². The van der Waals surface area contributed by atoms with Crippen LogP contribution < -0.4 is 27.5 Å². The van der Waals surface area contributed by atoms with Gasteiger partial charge < -0.3 is 22.3 Å². The van der Waals surface area contributed by atoms with Gasteiger partial charge in [0.05, 0.1) is 19.7 Å². The lowest BCUT2D eigenvalue weighted by Gasteiger charge is -2.19. The highest BCUT2D eigenvalue weighted by atomic mass is 35.5. The molecule has 1 aromatic rings. The zero-order valence-corrected chi connectivity index (χ0v) is 10.8. The molecular formula is C11H14ClN3O3. The number of carbonyl (C=O) groups is 1. The van der Waals surface area contributed by atoms with Crippen LogP contribution in [0.4, 0.5) is 0 Å². The molecule has 1 unspecified atom stereocenters. The number of ether oxygens (including phenoxy) is 1. The molecule has 1 atom stereocenters. The fraction of sp³-hybridized carbons (Fsp3) is 0.273. The predicted octanol–water partition coefficient (Wildman–Crippen LogP) is -4.29. The van der Waals surface area contributed by atoms with Crippen molar-refractivity contribution in [2.24, 2.45) is 5.10 Å². The second-order valence-corrected chi connectivity index (χ2v) is 3.84. The predicted molar refractivity (Wildman–Crippen MR) is 61.1 cm³/mol. The number of quaternary nitrogens is 1. The summed E-state index contributed by atoms with van der Waals surface area (Å²) in [6.07, 6.45) is 0. The highest BCUT2D eigenvalue weighted by molar-refractivity contribution is 5.96. The average molecular weight is 272 g/mol. The van der Waals surface area contributed by atoms with Crippen molar-refractivity contribution in [1.29, 1.82) is 0 Å². The lowest BCUT2D eigenvalue weighted by molar-refractivity contribution is -0.774. The molecule has 0 spiro atoms. The van der Waals surface area contributed by atoms with Crippen LogP contribution in [0.3, 0.4) is 0 Å². The van der Waals surface area contributed by atoms with Crippen LogP contribution in [0.15, 0.2) is 23.3 Å². The van der Waals surface area contributed by atoms with Gasteiger partial charge in [0.2, 0.25) is 0 Å². The van der Waals surface area contributed by atoms with E-state index in [1.54, 1.807) is 18.2 Å². The fourth-order valence-electron chi connectivity index (χ4n) is 1.71. The summed E-state index contributed by atoms with van der Waals surface area (Å²) in [6.45, 7) is 0.335. The number of rotatable bonds is 2. The standard InChI is InChI=1S/C11H13N3O3.ClH/c1-14-6-10(16)12-13-11(14)7-3-4-8(15)9(5-7)17-2;/h3-5,15H,6H2,1-2H3,(H,12,16);1H. The Morgan fingerprint density at radius 1 is 1.50 bits per heavy atom. The molecule has 1 heterocycles. The molecule has 1 aromatic carbocycles. The number of phenols is 1. The third-order valence-corrected chi connectivity index (χ3v) is 2.58. The van der Waals surface area contributed by atoms with Gasteiger partial charge in [-0.25, -0.2) is 5.43 Å². The number of benzene rings is 1. The summed E-state index contributed by atoms with van der Waals surface area (Å²) in [4.78, 5) is 12.0. The first-order valence-corrected chi connectivity index (χ1v) is 5.18. The molecule has 1 amide bonds. The Morgan fingerprint density at radius 2 is 2.22 bits per heavy atom. The van der Waals surface area contributed by atoms with Crippen molar-refractivity contribution in [1.82, 2.24) is 5.43 Å². The molecule has 0 saturated heterocycles. The minimum absolute atomic E-state index is 0. The summed E-state index contributed by atoms with van der Waals surface area (Å²) in [5.41, 5.74) is 3.24. The number of nitrogens with zero attached hydrogens (tertiary/aromatic N) is 1. The highest BCUT2D eigenvalue weighted by Crippen LogP contribution is 2.26. The maximum atomic E-state index is 11.1. The summed E-state index contributed by atoms with van der Waals surface area (Å²) in [7, 11) is 3.34. The van der Waals surface area contributed by atoms with Gasteiger partial charge in [-0.3, -0.25) is 9.69 Å². The SMILES string of the molecule is COc1cc(C2=NNC(=O)C[NH+]2C)ccc1O.[Cl-]. The molecule has 6 nitrogen and oxygen atoms in total. The molecule has 7 heteroatoms. The average Bonchev–Trinajstić information content (AvgIpc) is 2.30. The summed E-state index contributed by atoms with van der Waals surface area (Å²) in [6, 6.07) is 4.97. The lowest BCUT2D eigenvalue weighted by Crippen LogP contribution is -3.14. The van der Waals surface area contributed by atoms with Crippen LogP contribution in [0.1, 0.15) is 5.56 Å². The molecule has 2 rings (SSSR count). The summed E-state index contributed by atoms with van der Waals surface area (Å²) < 4.78 is 5.03. The largest absolute Gasteiger partial charge is 1.00 e. The van der Waals surface area contributed by atoms with Crippen molar-refractivity contribution in [2.75, 3.05) is 20.7 Å². The molecule has 18 heavy (non-hydrogen) atoms. The van der Waals surface area contributed by atoms with E-state index >= 15 is 0 Å². The van der Waals surface area contributed by atoms with E-state index in [9.17, 15) is 9.90 Å². The van der Waals surface area contributed by atoms with Gasteiger partial charge in [-0.1, -0.05) is 0 Å². The van der Waals surface area contributed by atoms with Gasteiger partial charge in [-0.15, -0.1) is 5.10 Å². The molecule has 1 aliphatic rings. The van der Waals surface area contributed by atoms with Gasteiger partial charge in [-0.05, 0) is 18.2 Å². The van der Waals surface area contributed by atoms with Crippen LogP contribution in [-0.2, 0) is 4.79 Å². The van der Waals surface area contributed by atoms with Gasteiger partial charge in [0.1, 0.15) is 0 Å². The first kappa shape index (κ1) is 14.3. The topological polar surface area (TPSA) is 75.4 Å². The first-order chi connectivity index (χ1) is 8.11. The number of hydrogen-bond acceptors (Lipinski definition) is 4. The fourth-order valence-corrected chi connectivity index (χ4v) is 1.71. The zero-order chi connectivity index (χ0) is 12.4. The number of phenolic OH excluding ortho intramolecular Hbond substituents is 1. The number of halogens is 1. The number of amides is 1. The number of hydrogen-bond donors (Lipinski definition) is 3. The molecule has 98 valence electrons. The van der Waals surface area contributed by atoms with Crippen molar-refractivity contribution in [2.45, 2.75) is 0 Å². The van der Waals surface area contributed by atoms with Crippen molar-refractivity contribution in [3.8, 4) is 11.5 Å². The molecule has 1 aliphatic heterocycles. The van der Waals surface area contributed by atoms with Crippen LogP contribution >= 0.6 is 0 Å². The van der Waals surface area contributed by atoms with E-state index in [-0.39, 0.29) is 24.1 Å². The molecule has 0 radical (unpaired) electrons. The van der Waals surface area contributed by atoms with Crippen molar-refractivity contribution >= 4 is 11.7 Å². The second kappa shape index (κ2) is 5.70. The summed E-state index contributed by atoms with van der Waals surface area (Å²) >= 11 is 0. The van der Waals surface area contributed by atoms with Crippen molar-refractivity contribution < 1.29 is 31.9 Å². The van der Waals surface area contributed by atoms with E-state index in [0.717, 1.165) is 10.5 Å². The Labute approximate surface area is 111 Å². The van der Waals surface area contributed by atoms with E-state index in [4.69, 9.17) is 4.74 Å². The Balaban J connectivity index is 0.00000162. The number of aromatic hydroxyl groups is 1. The van der Waals surface area contributed by atoms with Crippen LogP contribution in [0, 0.1) is 0 Å². The Hall–Kier alpha value is -1.79. The number of likely N-dealkylation sites (N-methyl/N-ethyl adjacent to an activating group) is 1. The Bertz CT molecular complexity index is 490. The Morgan fingerprint density at radius 3 is 2.83 bits per heavy atom. The highest BCUT2D eigenvalue weighted by Gasteiger charge is 2.24. The summed E-state index contributed by atoms with van der Waals surface area (Å²) in [5, 5.41) is 13.5. The number of nitrogens with one attached hydrogen (secondary N) is 2. The van der Waals surface area contributed by atoms with Gasteiger partial charge in [0, 0.05) is 0 Å². The third-order valence-electron chi connectivity index (χ3n) is 2.58. The van der Waals surface area contributed by atoms with E-state index in [1.165, 1.54) is 7.11 Å². The van der Waals surface area contributed by atoms with E-state index < -0.39 is 0 Å². The maximum absolute atomic E-state index is 11.1. The quantitative estimate of drug-likeness (QED) is 0.510. The minimum Gasteiger partial charge on any atom is -1.00 e. The maximum Gasteiger partial charge on any atom is 0.295 e. The number of hydrazone groups is 1. The smallest absolute Gasteiger partial charge is 0.295 e. The lowest BCUT2D eigenvalue weighted by atomic mass is 10.1. The molecule has 0 bridgehead atoms. The number of methoxy groups -OCH3 is 1. The molecular weight excluding hydrogens is 258 g/mol. The van der Waals surface area contributed by atoms with Crippen LogP contribution in [0.25, 0.3) is 0 Å². The van der Waals surface area contributed by atoms with E-state index in [0.29, 0.717) is 18.1 Å². The molecule has 0 saturated carbocycles. The monoisotopic (exact) mass is 271 g/mol.